The van der Waals surface area contributed by atoms with Gasteiger partial charge in [0.2, 0.25) is 0 Å². The quantitative estimate of drug-likeness (QED) is 0.339. The summed E-state index contributed by atoms with van der Waals surface area (Å²) in [6.07, 6.45) is 0. The van der Waals surface area contributed by atoms with E-state index in [2.05, 4.69) is 10.6 Å². The summed E-state index contributed by atoms with van der Waals surface area (Å²) >= 11 is 12.1. The predicted octanol–water partition coefficient (Wildman–Crippen LogP) is 5.15. The lowest BCUT2D eigenvalue weighted by molar-refractivity contribution is -0.532. The number of nitrogens with zero attached hydrogens (tertiary/aromatic N) is 1. The molecule has 3 aromatic carbocycles. The minimum absolute atomic E-state index is 0.228. The third-order valence-electron chi connectivity index (χ3n) is 6.91. The number of halogens is 2. The first-order valence-corrected chi connectivity index (χ1v) is 12.1. The van der Waals surface area contributed by atoms with Crippen molar-refractivity contribution in [2.24, 2.45) is 0 Å². The van der Waals surface area contributed by atoms with Crippen molar-refractivity contribution in [1.82, 2.24) is 5.32 Å². The molecule has 1 spiro atoms. The van der Waals surface area contributed by atoms with Crippen molar-refractivity contribution in [3.63, 3.8) is 0 Å². The van der Waals surface area contributed by atoms with Gasteiger partial charge in [-0.05, 0) is 48.4 Å². The van der Waals surface area contributed by atoms with E-state index < -0.39 is 23.4 Å². The molecular weight excluding hydrogens is 505 g/mol. The van der Waals surface area contributed by atoms with Gasteiger partial charge in [-0.2, -0.15) is 0 Å². The van der Waals surface area contributed by atoms with Gasteiger partial charge in [0.25, 0.3) is 11.9 Å². The number of anilines is 1. The van der Waals surface area contributed by atoms with Crippen molar-refractivity contribution in [1.29, 1.82) is 0 Å². The minimum Gasteiger partial charge on any atom is -0.493 e. The molecule has 2 aliphatic rings. The van der Waals surface area contributed by atoms with Gasteiger partial charge >= 0.3 is 0 Å². The van der Waals surface area contributed by atoms with Gasteiger partial charge in [0.15, 0.2) is 17.0 Å². The maximum absolute atomic E-state index is 13.2. The molecule has 1 amide bonds. The highest BCUT2D eigenvalue weighted by atomic mass is 35.5. The van der Waals surface area contributed by atoms with Crippen molar-refractivity contribution in [2.75, 3.05) is 12.4 Å². The summed E-state index contributed by atoms with van der Waals surface area (Å²) in [5, 5.41) is 19.5. The average molecular weight is 528 g/mol. The van der Waals surface area contributed by atoms with Gasteiger partial charge in [-0.15, -0.1) is 0 Å². The van der Waals surface area contributed by atoms with E-state index >= 15 is 0 Å². The monoisotopic (exact) mass is 527 g/mol. The van der Waals surface area contributed by atoms with Gasteiger partial charge < -0.3 is 14.8 Å². The smallest absolute Gasteiger partial charge is 0.256 e. The number of nitro groups is 1. The Balaban J connectivity index is 1.48. The Kier molecular flexibility index (Phi) is 6.28. The molecule has 0 aromatic heterocycles. The van der Waals surface area contributed by atoms with Crippen LogP contribution in [0.4, 0.5) is 5.69 Å². The first-order chi connectivity index (χ1) is 17.3. The lowest BCUT2D eigenvalue weighted by atomic mass is 9.78. The molecule has 0 unspecified atom stereocenters. The third-order valence-corrected chi connectivity index (χ3v) is 7.65. The number of hydrogen-bond donors (Lipinski definition) is 2. The van der Waals surface area contributed by atoms with Crippen LogP contribution in [0.3, 0.4) is 0 Å². The fraction of sp³-hybridized carbons (Fsp3) is 0.269. The number of carbonyl (C=O) groups is 1. The van der Waals surface area contributed by atoms with Crippen LogP contribution in [0.1, 0.15) is 29.5 Å². The molecule has 3 aromatic rings. The third kappa shape index (κ3) is 3.86. The fourth-order valence-electron chi connectivity index (χ4n) is 5.35. The Morgan fingerprint density at radius 1 is 1.06 bits per heavy atom. The molecule has 0 radical (unpaired) electrons. The van der Waals surface area contributed by atoms with Crippen LogP contribution in [-0.4, -0.2) is 30.0 Å². The second-order valence-corrected chi connectivity index (χ2v) is 9.76. The number of rotatable bonds is 6. The number of methoxy groups -OCH3 is 1. The number of nitrogens with one attached hydrogen (secondary N) is 2. The molecule has 0 bridgehead atoms. The Hall–Kier alpha value is -3.33. The number of ether oxygens (including phenoxy) is 2. The molecule has 36 heavy (non-hydrogen) atoms. The number of fused-ring (bicyclic) bond motifs is 2. The molecule has 0 saturated carbocycles. The number of hydrogen-bond acceptors (Lipinski definition) is 6. The molecule has 8 nitrogen and oxygen atoms in total. The molecular formula is C26H23Cl2N3O5. The number of amides is 1. The van der Waals surface area contributed by atoms with Crippen LogP contribution >= 0.6 is 23.2 Å². The highest BCUT2D eigenvalue weighted by Gasteiger charge is 2.67. The minimum atomic E-state index is -1.47. The molecule has 2 N–H and O–H groups in total. The van der Waals surface area contributed by atoms with E-state index in [-0.39, 0.29) is 17.6 Å². The van der Waals surface area contributed by atoms with Crippen molar-refractivity contribution in [3.05, 3.63) is 97.5 Å². The topological polar surface area (TPSA) is 103 Å². The summed E-state index contributed by atoms with van der Waals surface area (Å²) in [5.41, 5.74) is 1.19. The number of carbonyl (C=O) groups excluding carboxylic acids is 1. The van der Waals surface area contributed by atoms with Crippen molar-refractivity contribution in [3.8, 4) is 11.5 Å². The molecule has 1 fully saturated rings. The lowest BCUT2D eigenvalue weighted by Crippen LogP contribution is -2.54. The first-order valence-electron chi connectivity index (χ1n) is 11.3. The number of para-hydroxylation sites is 1. The molecule has 5 rings (SSSR count). The van der Waals surface area contributed by atoms with E-state index in [0.717, 1.165) is 5.56 Å². The molecule has 1 saturated heterocycles. The average Bonchev–Trinajstić information content (AvgIpc) is 3.33. The molecule has 10 heteroatoms. The van der Waals surface area contributed by atoms with E-state index in [9.17, 15) is 14.9 Å². The molecule has 0 aliphatic carbocycles. The van der Waals surface area contributed by atoms with Gasteiger partial charge in [-0.25, -0.2) is 0 Å². The zero-order valence-corrected chi connectivity index (χ0v) is 21.0. The second-order valence-electron chi connectivity index (χ2n) is 8.94. The van der Waals surface area contributed by atoms with Crippen molar-refractivity contribution in [2.45, 2.75) is 37.1 Å². The summed E-state index contributed by atoms with van der Waals surface area (Å²) in [4.78, 5) is 25.3. The van der Waals surface area contributed by atoms with E-state index in [4.69, 9.17) is 32.7 Å². The van der Waals surface area contributed by atoms with E-state index in [0.29, 0.717) is 38.4 Å². The zero-order valence-electron chi connectivity index (χ0n) is 19.5. The Morgan fingerprint density at radius 3 is 2.56 bits per heavy atom. The number of benzene rings is 3. The summed E-state index contributed by atoms with van der Waals surface area (Å²) in [6, 6.07) is 15.9. The van der Waals surface area contributed by atoms with E-state index in [1.807, 2.05) is 13.0 Å². The van der Waals surface area contributed by atoms with Crippen LogP contribution in [0.2, 0.25) is 10.0 Å². The summed E-state index contributed by atoms with van der Waals surface area (Å²) in [5.74, 6) is -0.121. The molecule has 186 valence electrons. The predicted molar refractivity (Wildman–Crippen MR) is 137 cm³/mol. The van der Waals surface area contributed by atoms with Gasteiger partial charge in [-0.3, -0.25) is 20.2 Å². The van der Waals surface area contributed by atoms with Crippen LogP contribution in [-0.2, 0) is 16.9 Å². The largest absolute Gasteiger partial charge is 0.493 e. The van der Waals surface area contributed by atoms with Crippen molar-refractivity contribution < 1.29 is 19.2 Å². The molecule has 2 aliphatic heterocycles. The maximum Gasteiger partial charge on any atom is 0.256 e. The first kappa shape index (κ1) is 24.4. The Labute approximate surface area is 217 Å². The van der Waals surface area contributed by atoms with Crippen molar-refractivity contribution >= 4 is 34.8 Å². The SMILES string of the molecule is COc1cc([C@@H]2[C@H](C)N[C@]3(C(=O)Nc4ccccc43)[C@@H]2[N+](=O)[O-])ccc1OCc1ccc(Cl)c(Cl)c1. The van der Waals surface area contributed by atoms with E-state index in [1.165, 1.54) is 7.11 Å². The normalized spacial score (nSPS) is 24.4. The lowest BCUT2D eigenvalue weighted by Gasteiger charge is -2.25. The summed E-state index contributed by atoms with van der Waals surface area (Å²) in [7, 11) is 1.51. The Bertz CT molecular complexity index is 1370. The van der Waals surface area contributed by atoms with Gasteiger partial charge in [0, 0.05) is 22.2 Å². The fourth-order valence-corrected chi connectivity index (χ4v) is 5.68. The molecule has 2 heterocycles. The van der Waals surface area contributed by atoms with Gasteiger partial charge in [0.05, 0.1) is 23.1 Å². The summed E-state index contributed by atoms with van der Waals surface area (Å²) < 4.78 is 11.5. The van der Waals surface area contributed by atoms with Gasteiger partial charge in [-0.1, -0.05) is 53.5 Å². The van der Waals surface area contributed by atoms with E-state index in [1.54, 1.807) is 54.6 Å². The Morgan fingerprint density at radius 2 is 1.83 bits per heavy atom. The summed E-state index contributed by atoms with van der Waals surface area (Å²) in [6.45, 7) is 2.08. The van der Waals surface area contributed by atoms with Crippen LogP contribution in [0.15, 0.2) is 60.7 Å². The molecule has 4 atom stereocenters. The zero-order chi connectivity index (χ0) is 25.6. The second kappa shape index (κ2) is 9.28. The standard InChI is InChI=1S/C26H23Cl2N3O5/c1-14-23(24(31(33)34)26(30-14)17-5-3-4-6-20(17)29-25(26)32)16-8-10-21(22(12-16)35-2)36-13-15-7-9-18(27)19(28)11-15/h3-12,14,23-24,30H,13H2,1-2H3,(H,29,32)/t14-,23-,24+,26-/m0/s1. The van der Waals surface area contributed by atoms with Crippen LogP contribution in [0.25, 0.3) is 0 Å². The highest BCUT2D eigenvalue weighted by Crippen LogP contribution is 2.50. The van der Waals surface area contributed by atoms with Crippen LogP contribution in [0.5, 0.6) is 11.5 Å². The maximum atomic E-state index is 13.2. The van der Waals surface area contributed by atoms with Crippen LogP contribution in [0, 0.1) is 10.1 Å². The highest BCUT2D eigenvalue weighted by molar-refractivity contribution is 6.42. The van der Waals surface area contributed by atoms with Gasteiger partial charge in [0.1, 0.15) is 6.61 Å². The van der Waals surface area contributed by atoms with Crippen LogP contribution < -0.4 is 20.1 Å².